The van der Waals surface area contributed by atoms with Crippen LogP contribution in [0.3, 0.4) is 0 Å². The van der Waals surface area contributed by atoms with Crippen molar-refractivity contribution < 1.29 is 24.2 Å². The number of carboxylic acids is 1. The molecule has 8 heteroatoms. The summed E-state index contributed by atoms with van der Waals surface area (Å²) >= 11 is 4.56. The van der Waals surface area contributed by atoms with Crippen LogP contribution < -0.4 is 0 Å². The molecule has 0 fully saturated rings. The van der Waals surface area contributed by atoms with Crippen LogP contribution in [0.2, 0.25) is 0 Å². The Morgan fingerprint density at radius 2 is 2.05 bits per heavy atom. The van der Waals surface area contributed by atoms with Gasteiger partial charge in [0.2, 0.25) is 0 Å². The third-order valence-electron chi connectivity index (χ3n) is 2.56. The fourth-order valence-corrected chi connectivity index (χ4v) is 3.33. The highest BCUT2D eigenvalue weighted by Crippen LogP contribution is 2.29. The summed E-state index contributed by atoms with van der Waals surface area (Å²) in [5.74, 6) is -1.02. The maximum absolute atomic E-state index is 12.3. The normalized spacial score (nSPS) is 11.3. The van der Waals surface area contributed by atoms with Gasteiger partial charge < -0.3 is 19.5 Å². The van der Waals surface area contributed by atoms with Gasteiger partial charge in [0.25, 0.3) is 0 Å². The van der Waals surface area contributed by atoms with Crippen LogP contribution in [0.15, 0.2) is 9.85 Å². The van der Waals surface area contributed by atoms with Crippen LogP contribution in [0, 0.1) is 0 Å². The van der Waals surface area contributed by atoms with Gasteiger partial charge in [-0.15, -0.1) is 11.3 Å². The molecule has 0 aliphatic rings. The van der Waals surface area contributed by atoms with E-state index in [2.05, 4.69) is 15.9 Å². The summed E-state index contributed by atoms with van der Waals surface area (Å²) in [5, 5.41) is 9.22. The van der Waals surface area contributed by atoms with Crippen molar-refractivity contribution in [1.82, 2.24) is 4.90 Å². The first-order chi connectivity index (χ1) is 10.1. The number of ether oxygens (including phenoxy) is 2. The quantitative estimate of drug-likeness (QED) is 0.798. The van der Waals surface area contributed by atoms with E-state index in [4.69, 9.17) is 9.47 Å². The molecule has 6 nitrogen and oxygen atoms in total. The Morgan fingerprint density at radius 3 is 2.55 bits per heavy atom. The van der Waals surface area contributed by atoms with Gasteiger partial charge in [-0.3, -0.25) is 0 Å². The Hall–Kier alpha value is -1.12. The second-order valence-electron chi connectivity index (χ2n) is 5.59. The first-order valence-corrected chi connectivity index (χ1v) is 8.23. The number of carbonyl (C=O) groups excluding carboxylic acids is 1. The van der Waals surface area contributed by atoms with Gasteiger partial charge in [0.1, 0.15) is 5.60 Å². The lowest BCUT2D eigenvalue weighted by molar-refractivity contribution is 0.0184. The van der Waals surface area contributed by atoms with Crippen LogP contribution in [0.4, 0.5) is 4.79 Å². The molecule has 1 amide bonds. The summed E-state index contributed by atoms with van der Waals surface area (Å²) < 4.78 is 11.1. The van der Waals surface area contributed by atoms with E-state index in [0.29, 0.717) is 21.8 Å². The third kappa shape index (κ3) is 5.94. The van der Waals surface area contributed by atoms with Crippen molar-refractivity contribution in [3.63, 3.8) is 0 Å². The highest BCUT2D eigenvalue weighted by atomic mass is 79.9. The molecule has 0 radical (unpaired) electrons. The van der Waals surface area contributed by atoms with Gasteiger partial charge in [-0.2, -0.15) is 0 Å². The summed E-state index contributed by atoms with van der Waals surface area (Å²) in [6.07, 6.45) is -0.495. The van der Waals surface area contributed by atoms with Crippen molar-refractivity contribution in [1.29, 1.82) is 0 Å². The number of carbonyl (C=O) groups is 2. The molecule has 1 rings (SSSR count). The van der Waals surface area contributed by atoms with Gasteiger partial charge >= 0.3 is 12.1 Å². The smallest absolute Gasteiger partial charge is 0.410 e. The average Bonchev–Trinajstić information content (AvgIpc) is 2.73. The van der Waals surface area contributed by atoms with E-state index in [1.54, 1.807) is 20.8 Å². The Bertz CT molecular complexity index is 538. The van der Waals surface area contributed by atoms with Crippen LogP contribution in [-0.4, -0.2) is 47.9 Å². The zero-order chi connectivity index (χ0) is 16.9. The lowest BCUT2D eigenvalue weighted by Crippen LogP contribution is -2.38. The number of nitrogens with zero attached hydrogens (tertiary/aromatic N) is 1. The molecular weight excluding hydrogens is 374 g/mol. The molecule has 0 aliphatic heterocycles. The molecule has 1 heterocycles. The highest BCUT2D eigenvalue weighted by Gasteiger charge is 2.24. The van der Waals surface area contributed by atoms with Crippen LogP contribution >= 0.6 is 27.3 Å². The van der Waals surface area contributed by atoms with Gasteiger partial charge in [-0.25, -0.2) is 9.59 Å². The van der Waals surface area contributed by atoms with Gasteiger partial charge in [0.15, 0.2) is 0 Å². The van der Waals surface area contributed by atoms with Crippen molar-refractivity contribution in [2.45, 2.75) is 32.9 Å². The molecule has 0 aromatic carbocycles. The minimum atomic E-state index is -1.02. The monoisotopic (exact) mass is 393 g/mol. The van der Waals surface area contributed by atoms with Gasteiger partial charge in [-0.1, -0.05) is 0 Å². The zero-order valence-electron chi connectivity index (χ0n) is 13.0. The van der Waals surface area contributed by atoms with Crippen molar-refractivity contribution in [3.05, 3.63) is 20.3 Å². The molecule has 0 spiro atoms. The SMILES string of the molecule is COCCN(Cc1sc(Br)cc1C(=O)O)C(=O)OC(C)(C)C. The molecule has 0 unspecified atom stereocenters. The maximum Gasteiger partial charge on any atom is 0.410 e. The predicted molar refractivity (Wildman–Crippen MR) is 87.5 cm³/mol. The van der Waals surface area contributed by atoms with Crippen molar-refractivity contribution in [2.24, 2.45) is 0 Å². The third-order valence-corrected chi connectivity index (χ3v) is 4.18. The van der Waals surface area contributed by atoms with Crippen LogP contribution in [0.5, 0.6) is 0 Å². The van der Waals surface area contributed by atoms with Crippen LogP contribution in [0.1, 0.15) is 36.0 Å². The van der Waals surface area contributed by atoms with E-state index in [9.17, 15) is 14.7 Å². The number of amides is 1. The molecule has 0 saturated heterocycles. The minimum Gasteiger partial charge on any atom is -0.478 e. The van der Waals surface area contributed by atoms with E-state index < -0.39 is 17.7 Å². The van der Waals surface area contributed by atoms with Gasteiger partial charge in [0, 0.05) is 18.5 Å². The summed E-state index contributed by atoms with van der Waals surface area (Å²) in [6.45, 7) is 6.17. The Labute approximate surface area is 142 Å². The minimum absolute atomic E-state index is 0.163. The topological polar surface area (TPSA) is 76.1 Å². The van der Waals surface area contributed by atoms with Crippen LogP contribution in [0.25, 0.3) is 0 Å². The van der Waals surface area contributed by atoms with E-state index in [1.807, 2.05) is 0 Å². The summed E-state index contributed by atoms with van der Waals surface area (Å²) in [6, 6.07) is 1.53. The molecule has 0 atom stereocenters. The Morgan fingerprint density at radius 1 is 1.41 bits per heavy atom. The summed E-state index contributed by atoms with van der Waals surface area (Å²) in [7, 11) is 1.54. The first-order valence-electron chi connectivity index (χ1n) is 6.62. The maximum atomic E-state index is 12.3. The molecule has 22 heavy (non-hydrogen) atoms. The van der Waals surface area contributed by atoms with Crippen molar-refractivity contribution in [3.8, 4) is 0 Å². The van der Waals surface area contributed by atoms with Crippen molar-refractivity contribution >= 4 is 39.3 Å². The number of methoxy groups -OCH3 is 1. The summed E-state index contributed by atoms with van der Waals surface area (Å²) in [4.78, 5) is 25.5. The lowest BCUT2D eigenvalue weighted by atomic mass is 10.2. The average molecular weight is 394 g/mol. The van der Waals surface area contributed by atoms with Gasteiger partial charge in [-0.05, 0) is 42.8 Å². The molecule has 0 aliphatic carbocycles. The van der Waals surface area contributed by atoms with E-state index in [1.165, 1.54) is 29.4 Å². The van der Waals surface area contributed by atoms with E-state index in [0.717, 1.165) is 0 Å². The number of aromatic carboxylic acids is 1. The van der Waals surface area contributed by atoms with Crippen LogP contribution in [-0.2, 0) is 16.0 Å². The zero-order valence-corrected chi connectivity index (χ0v) is 15.4. The number of hydrogen-bond donors (Lipinski definition) is 1. The number of halogens is 1. The van der Waals surface area contributed by atoms with Gasteiger partial charge in [0.05, 0.1) is 22.5 Å². The number of carboxylic acid groups (broad SMARTS) is 1. The Balaban J connectivity index is 2.94. The molecule has 1 aromatic heterocycles. The second-order valence-corrected chi connectivity index (χ2v) is 8.10. The molecule has 124 valence electrons. The number of hydrogen-bond acceptors (Lipinski definition) is 5. The molecule has 1 N–H and O–H groups in total. The Kier molecular flexibility index (Phi) is 6.83. The van der Waals surface area contributed by atoms with Crippen molar-refractivity contribution in [2.75, 3.05) is 20.3 Å². The second kappa shape index (κ2) is 7.94. The molecule has 0 saturated carbocycles. The number of thiophene rings is 1. The molecule has 0 bridgehead atoms. The van der Waals surface area contributed by atoms with E-state index >= 15 is 0 Å². The summed E-state index contributed by atoms with van der Waals surface area (Å²) in [5.41, 5.74) is -0.434. The molecule has 1 aromatic rings. The first kappa shape index (κ1) is 18.9. The lowest BCUT2D eigenvalue weighted by Gasteiger charge is -2.27. The highest BCUT2D eigenvalue weighted by molar-refractivity contribution is 9.11. The fourth-order valence-electron chi connectivity index (χ4n) is 1.63. The predicted octanol–water partition coefficient (Wildman–Crippen LogP) is 3.59. The van der Waals surface area contributed by atoms with E-state index in [-0.39, 0.29) is 12.1 Å². The molecular formula is C14H20BrNO5S. The standard InChI is InChI=1S/C14H20BrNO5S/c1-14(2,3)21-13(19)16(5-6-20-4)8-10-9(12(17)18)7-11(15)22-10/h7H,5-6,8H2,1-4H3,(H,17,18). The number of rotatable bonds is 6. The largest absolute Gasteiger partial charge is 0.478 e. The fraction of sp³-hybridized carbons (Fsp3) is 0.571.